The Balaban J connectivity index is 1.41. The van der Waals surface area contributed by atoms with E-state index < -0.39 is 10.0 Å². The molecular formula is C25H30N4O3S. The standard InChI is InChI=1S/C25H30N4O3S/c1-17-13-18(2)16-28(15-17)33(31,32)20-8-5-7-19(14-20)25(30)29-12-6-11-23(29)24-26-21-9-3-4-10-22(21)27-24/h3-5,7-10,14,17-18,23H,6,11-13,15-16H2,1-2H3,(H,26,27)/t17-,18+,23-/m0/s1. The van der Waals surface area contributed by atoms with Crippen LogP contribution in [0.2, 0.25) is 0 Å². The van der Waals surface area contributed by atoms with Crippen LogP contribution in [0.25, 0.3) is 11.0 Å². The van der Waals surface area contributed by atoms with Gasteiger partial charge in [0.25, 0.3) is 5.91 Å². The maximum absolute atomic E-state index is 13.5. The zero-order chi connectivity index (χ0) is 23.2. The number of imidazole rings is 1. The second kappa shape index (κ2) is 8.57. The molecule has 3 heterocycles. The first-order valence-corrected chi connectivity index (χ1v) is 13.1. The summed E-state index contributed by atoms with van der Waals surface area (Å²) in [7, 11) is -3.65. The van der Waals surface area contributed by atoms with Gasteiger partial charge in [-0.3, -0.25) is 4.79 Å². The Bertz CT molecular complexity index is 1240. The van der Waals surface area contributed by atoms with Crippen LogP contribution in [0.15, 0.2) is 53.4 Å². The third-order valence-corrected chi connectivity index (χ3v) is 8.62. The quantitative estimate of drug-likeness (QED) is 0.624. The van der Waals surface area contributed by atoms with Gasteiger partial charge in [-0.1, -0.05) is 32.0 Å². The number of carbonyl (C=O) groups is 1. The van der Waals surface area contributed by atoms with Crippen molar-refractivity contribution in [2.45, 2.75) is 44.0 Å². The summed E-state index contributed by atoms with van der Waals surface area (Å²) in [5.74, 6) is 1.27. The average Bonchev–Trinajstić information content (AvgIpc) is 3.45. The predicted molar refractivity (Wildman–Crippen MR) is 127 cm³/mol. The second-order valence-corrected chi connectivity index (χ2v) is 11.5. The minimum Gasteiger partial charge on any atom is -0.340 e. The first-order valence-electron chi connectivity index (χ1n) is 11.7. The third kappa shape index (κ3) is 4.17. The van der Waals surface area contributed by atoms with Gasteiger partial charge in [0.2, 0.25) is 10.0 Å². The topological polar surface area (TPSA) is 86.4 Å². The van der Waals surface area contributed by atoms with Crippen molar-refractivity contribution < 1.29 is 13.2 Å². The van der Waals surface area contributed by atoms with Crippen LogP contribution in [0.3, 0.4) is 0 Å². The molecule has 1 amide bonds. The van der Waals surface area contributed by atoms with E-state index in [0.717, 1.165) is 36.1 Å². The summed E-state index contributed by atoms with van der Waals surface area (Å²) in [6.45, 7) is 5.84. The molecule has 5 rings (SSSR count). The van der Waals surface area contributed by atoms with Crippen molar-refractivity contribution in [3.63, 3.8) is 0 Å². The molecule has 0 bridgehead atoms. The minimum atomic E-state index is -3.65. The lowest BCUT2D eigenvalue weighted by atomic mass is 9.94. The summed E-state index contributed by atoms with van der Waals surface area (Å²) in [6.07, 6.45) is 2.74. The monoisotopic (exact) mass is 466 g/mol. The number of fused-ring (bicyclic) bond motifs is 1. The number of nitrogens with zero attached hydrogens (tertiary/aromatic N) is 3. The maximum atomic E-state index is 13.5. The molecule has 33 heavy (non-hydrogen) atoms. The Morgan fingerprint density at radius 2 is 1.82 bits per heavy atom. The van der Waals surface area contributed by atoms with Crippen molar-refractivity contribution >= 4 is 27.0 Å². The SMILES string of the molecule is C[C@@H]1C[C@H](C)CN(S(=O)(=O)c2cccc(C(=O)N3CCC[C@H]3c3nc4ccccc4[nH]3)c2)C1. The number of piperidine rings is 1. The van der Waals surface area contributed by atoms with Gasteiger partial charge < -0.3 is 9.88 Å². The van der Waals surface area contributed by atoms with Crippen LogP contribution in [0.4, 0.5) is 0 Å². The van der Waals surface area contributed by atoms with Crippen molar-refractivity contribution in [2.24, 2.45) is 11.8 Å². The number of hydrogen-bond acceptors (Lipinski definition) is 4. The fourth-order valence-corrected chi connectivity index (χ4v) is 7.06. The van der Waals surface area contributed by atoms with Crippen molar-refractivity contribution in [1.29, 1.82) is 0 Å². The summed E-state index contributed by atoms with van der Waals surface area (Å²) in [5, 5.41) is 0. The lowest BCUT2D eigenvalue weighted by Gasteiger charge is -2.34. The molecule has 2 fully saturated rings. The van der Waals surface area contributed by atoms with Gasteiger partial charge in [-0.2, -0.15) is 4.31 Å². The van der Waals surface area contributed by atoms with Crippen LogP contribution in [-0.2, 0) is 10.0 Å². The summed E-state index contributed by atoms with van der Waals surface area (Å²) in [5.41, 5.74) is 2.23. The lowest BCUT2D eigenvalue weighted by molar-refractivity contribution is 0.0730. The number of nitrogens with one attached hydrogen (secondary N) is 1. The number of hydrogen-bond donors (Lipinski definition) is 1. The van der Waals surface area contributed by atoms with Gasteiger partial charge in [-0.25, -0.2) is 13.4 Å². The Morgan fingerprint density at radius 3 is 2.58 bits per heavy atom. The summed E-state index contributed by atoms with van der Waals surface area (Å²) >= 11 is 0. The normalized spacial score (nSPS) is 24.4. The molecule has 1 aromatic heterocycles. The fraction of sp³-hybridized carbons (Fsp3) is 0.440. The molecule has 3 aromatic rings. The Kier molecular flexibility index (Phi) is 5.74. The predicted octanol–water partition coefficient (Wildman–Crippen LogP) is 4.21. The van der Waals surface area contributed by atoms with Gasteiger partial charge in [-0.05, 0) is 61.4 Å². The number of aromatic nitrogens is 2. The largest absolute Gasteiger partial charge is 0.340 e. The number of H-pyrrole nitrogens is 1. The number of benzene rings is 2. The number of rotatable bonds is 4. The Morgan fingerprint density at radius 1 is 1.06 bits per heavy atom. The number of para-hydroxylation sites is 2. The van der Waals surface area contributed by atoms with Crippen LogP contribution in [0.1, 0.15) is 55.3 Å². The molecule has 2 aromatic carbocycles. The molecule has 174 valence electrons. The van der Waals surface area contributed by atoms with E-state index in [0.29, 0.717) is 37.0 Å². The number of likely N-dealkylation sites (tertiary alicyclic amines) is 1. The summed E-state index contributed by atoms with van der Waals surface area (Å²) < 4.78 is 28.3. The zero-order valence-electron chi connectivity index (χ0n) is 19.1. The Labute approximate surface area is 194 Å². The number of carbonyl (C=O) groups excluding carboxylic acids is 1. The fourth-order valence-electron chi connectivity index (χ4n) is 5.33. The number of aromatic amines is 1. The molecule has 3 atom stereocenters. The van der Waals surface area contributed by atoms with Crippen molar-refractivity contribution in [2.75, 3.05) is 19.6 Å². The lowest BCUT2D eigenvalue weighted by Crippen LogP contribution is -2.42. The first kappa shape index (κ1) is 22.1. The molecule has 2 aliphatic heterocycles. The van der Waals surface area contributed by atoms with E-state index in [1.54, 1.807) is 22.5 Å². The molecular weight excluding hydrogens is 436 g/mol. The highest BCUT2D eigenvalue weighted by Crippen LogP contribution is 2.33. The highest BCUT2D eigenvalue weighted by molar-refractivity contribution is 7.89. The number of amides is 1. The highest BCUT2D eigenvalue weighted by atomic mass is 32.2. The van der Waals surface area contributed by atoms with Gasteiger partial charge in [0.15, 0.2) is 0 Å². The molecule has 0 spiro atoms. The summed E-state index contributed by atoms with van der Waals surface area (Å²) in [4.78, 5) is 23.5. The van der Waals surface area contributed by atoms with Gasteiger partial charge in [0.05, 0.1) is 22.0 Å². The molecule has 8 heteroatoms. The average molecular weight is 467 g/mol. The molecule has 0 unspecified atom stereocenters. The van der Waals surface area contributed by atoms with E-state index in [4.69, 9.17) is 4.98 Å². The van der Waals surface area contributed by atoms with Gasteiger partial charge in [-0.15, -0.1) is 0 Å². The molecule has 0 aliphatic carbocycles. The maximum Gasteiger partial charge on any atom is 0.254 e. The van der Waals surface area contributed by atoms with Crippen LogP contribution >= 0.6 is 0 Å². The second-order valence-electron chi connectivity index (χ2n) is 9.59. The number of sulfonamides is 1. The molecule has 7 nitrogen and oxygen atoms in total. The molecule has 1 N–H and O–H groups in total. The van der Waals surface area contributed by atoms with Crippen LogP contribution < -0.4 is 0 Å². The first-order chi connectivity index (χ1) is 15.8. The van der Waals surface area contributed by atoms with Crippen LogP contribution in [-0.4, -0.2) is 53.1 Å². The van der Waals surface area contributed by atoms with E-state index in [2.05, 4.69) is 18.8 Å². The van der Waals surface area contributed by atoms with E-state index in [1.807, 2.05) is 29.2 Å². The zero-order valence-corrected chi connectivity index (χ0v) is 19.9. The third-order valence-electron chi connectivity index (χ3n) is 6.79. The smallest absolute Gasteiger partial charge is 0.254 e. The van der Waals surface area contributed by atoms with E-state index in [9.17, 15) is 13.2 Å². The van der Waals surface area contributed by atoms with Crippen LogP contribution in [0, 0.1) is 11.8 Å². The minimum absolute atomic E-state index is 0.144. The van der Waals surface area contributed by atoms with Crippen molar-refractivity contribution in [1.82, 2.24) is 19.2 Å². The van der Waals surface area contributed by atoms with Gasteiger partial charge in [0, 0.05) is 25.2 Å². The van der Waals surface area contributed by atoms with Gasteiger partial charge >= 0.3 is 0 Å². The van der Waals surface area contributed by atoms with Crippen molar-refractivity contribution in [3.05, 3.63) is 59.9 Å². The molecule has 2 saturated heterocycles. The van der Waals surface area contributed by atoms with Crippen molar-refractivity contribution in [3.8, 4) is 0 Å². The molecule has 0 saturated carbocycles. The van der Waals surface area contributed by atoms with Crippen LogP contribution in [0.5, 0.6) is 0 Å². The van der Waals surface area contributed by atoms with E-state index in [1.165, 1.54) is 6.07 Å². The molecule has 2 aliphatic rings. The van der Waals surface area contributed by atoms with E-state index >= 15 is 0 Å². The van der Waals surface area contributed by atoms with E-state index in [-0.39, 0.29) is 16.8 Å². The molecule has 0 radical (unpaired) electrons. The van der Waals surface area contributed by atoms with Gasteiger partial charge in [0.1, 0.15) is 5.82 Å². The summed E-state index contributed by atoms with van der Waals surface area (Å²) in [6, 6.07) is 14.2. The highest BCUT2D eigenvalue weighted by Gasteiger charge is 2.35. The Hall–Kier alpha value is -2.71.